The first-order valence-corrected chi connectivity index (χ1v) is 11.0. The van der Waals surface area contributed by atoms with Gasteiger partial charge in [0, 0.05) is 26.2 Å². The predicted octanol–water partition coefficient (Wildman–Crippen LogP) is 3.11. The summed E-state index contributed by atoms with van der Waals surface area (Å²) < 4.78 is 7.39. The Bertz CT molecular complexity index is 1020. The first kappa shape index (κ1) is 22.6. The lowest BCUT2D eigenvalue weighted by Crippen LogP contribution is -2.37. The highest BCUT2D eigenvalue weighted by molar-refractivity contribution is 7.99. The van der Waals surface area contributed by atoms with E-state index in [0.717, 1.165) is 12.1 Å². The second-order valence-electron chi connectivity index (χ2n) is 7.24. The maximum absolute atomic E-state index is 13.0. The van der Waals surface area contributed by atoms with Crippen LogP contribution in [0.15, 0.2) is 52.2 Å². The van der Waals surface area contributed by atoms with Gasteiger partial charge in [-0.2, -0.15) is 5.26 Å². The highest BCUT2D eigenvalue weighted by Crippen LogP contribution is 2.24. The molecule has 0 aliphatic heterocycles. The number of hydrogen-bond acceptors (Lipinski definition) is 7. The van der Waals surface area contributed by atoms with E-state index in [1.807, 2.05) is 54.8 Å². The normalized spacial score (nSPS) is 10.9. The second kappa shape index (κ2) is 10.8. The molecule has 0 aliphatic rings. The molecular formula is C22H26N6O2S. The van der Waals surface area contributed by atoms with Gasteiger partial charge in [0.15, 0.2) is 16.7 Å². The fourth-order valence-corrected chi connectivity index (χ4v) is 3.91. The number of carbonyl (C=O) groups excluding carboxylic acids is 1. The molecule has 31 heavy (non-hydrogen) atoms. The Labute approximate surface area is 186 Å². The summed E-state index contributed by atoms with van der Waals surface area (Å²) in [6.07, 6.45) is 1.60. The first-order chi connectivity index (χ1) is 15.0. The molecule has 0 aliphatic carbocycles. The van der Waals surface area contributed by atoms with Crippen LogP contribution in [0.1, 0.15) is 18.1 Å². The van der Waals surface area contributed by atoms with E-state index in [1.54, 1.807) is 18.4 Å². The quantitative estimate of drug-likeness (QED) is 0.449. The lowest BCUT2D eigenvalue weighted by atomic mass is 10.1. The van der Waals surface area contributed by atoms with Gasteiger partial charge in [0.25, 0.3) is 0 Å². The summed E-state index contributed by atoms with van der Waals surface area (Å²) in [6.45, 7) is 4.56. The molecule has 2 heterocycles. The van der Waals surface area contributed by atoms with Crippen LogP contribution in [-0.2, 0) is 17.9 Å². The van der Waals surface area contributed by atoms with E-state index >= 15 is 0 Å². The molecule has 0 N–H and O–H groups in total. The summed E-state index contributed by atoms with van der Waals surface area (Å²) in [5.41, 5.74) is 1.60. The molecule has 3 rings (SSSR count). The van der Waals surface area contributed by atoms with E-state index in [2.05, 4.69) is 21.2 Å². The third-order valence-electron chi connectivity index (χ3n) is 4.73. The van der Waals surface area contributed by atoms with Crippen molar-refractivity contribution in [2.45, 2.75) is 25.2 Å². The third-order valence-corrected chi connectivity index (χ3v) is 5.68. The van der Waals surface area contributed by atoms with Crippen molar-refractivity contribution < 1.29 is 9.21 Å². The molecule has 0 fully saturated rings. The maximum Gasteiger partial charge on any atom is 0.233 e. The van der Waals surface area contributed by atoms with E-state index in [4.69, 9.17) is 9.68 Å². The molecule has 0 atom stereocenters. The molecule has 2 aromatic heterocycles. The van der Waals surface area contributed by atoms with Gasteiger partial charge >= 0.3 is 0 Å². The molecule has 162 valence electrons. The molecule has 3 aromatic rings. The lowest BCUT2D eigenvalue weighted by Gasteiger charge is -2.24. The van der Waals surface area contributed by atoms with E-state index in [-0.39, 0.29) is 11.7 Å². The van der Waals surface area contributed by atoms with Crippen LogP contribution >= 0.6 is 11.8 Å². The number of benzene rings is 1. The van der Waals surface area contributed by atoms with Gasteiger partial charge in [-0.25, -0.2) is 0 Å². The molecule has 0 saturated carbocycles. The predicted molar refractivity (Wildman–Crippen MR) is 119 cm³/mol. The fourth-order valence-electron chi connectivity index (χ4n) is 3.00. The largest absolute Gasteiger partial charge is 0.461 e. The molecule has 0 saturated heterocycles. The van der Waals surface area contributed by atoms with E-state index < -0.39 is 0 Å². The van der Waals surface area contributed by atoms with Gasteiger partial charge in [-0.1, -0.05) is 23.9 Å². The number of thioether (sulfide) groups is 1. The highest BCUT2D eigenvalue weighted by Gasteiger charge is 2.19. The molecule has 0 unspecified atom stereocenters. The minimum absolute atomic E-state index is 0.0291. The summed E-state index contributed by atoms with van der Waals surface area (Å²) in [4.78, 5) is 16.9. The molecular weight excluding hydrogens is 412 g/mol. The molecule has 0 radical (unpaired) electrons. The SMILES string of the molecule is CCn1c(SCC(=O)N(CCN(C)C)Cc2ccc(C#N)cc2)nnc1-c1ccco1. The number of furan rings is 1. The highest BCUT2D eigenvalue weighted by atomic mass is 32.2. The van der Waals surface area contributed by atoms with Crippen molar-refractivity contribution in [2.75, 3.05) is 32.9 Å². The van der Waals surface area contributed by atoms with Crippen molar-refractivity contribution in [3.05, 3.63) is 53.8 Å². The zero-order valence-electron chi connectivity index (χ0n) is 18.0. The maximum atomic E-state index is 13.0. The van der Waals surface area contributed by atoms with Crippen LogP contribution in [0.4, 0.5) is 0 Å². The zero-order chi connectivity index (χ0) is 22.2. The topological polar surface area (TPSA) is 91.2 Å². The van der Waals surface area contributed by atoms with Crippen LogP contribution < -0.4 is 0 Å². The van der Waals surface area contributed by atoms with Crippen molar-refractivity contribution in [1.29, 1.82) is 5.26 Å². The number of rotatable bonds is 10. The van der Waals surface area contributed by atoms with Gasteiger partial charge in [-0.3, -0.25) is 9.36 Å². The second-order valence-corrected chi connectivity index (χ2v) is 8.19. The summed E-state index contributed by atoms with van der Waals surface area (Å²) in [6, 6.07) is 13.1. The molecule has 0 spiro atoms. The molecule has 8 nitrogen and oxygen atoms in total. The minimum Gasteiger partial charge on any atom is -0.461 e. The van der Waals surface area contributed by atoms with Crippen molar-refractivity contribution in [2.24, 2.45) is 0 Å². The van der Waals surface area contributed by atoms with Crippen LogP contribution in [0, 0.1) is 11.3 Å². The number of nitriles is 1. The Hall–Kier alpha value is -3.09. The van der Waals surface area contributed by atoms with Crippen molar-refractivity contribution in [3.8, 4) is 17.7 Å². The van der Waals surface area contributed by atoms with Gasteiger partial charge in [-0.15, -0.1) is 10.2 Å². The van der Waals surface area contributed by atoms with Gasteiger partial charge in [0.2, 0.25) is 5.91 Å². The van der Waals surface area contributed by atoms with Gasteiger partial charge in [0.1, 0.15) is 0 Å². The van der Waals surface area contributed by atoms with Crippen molar-refractivity contribution in [3.63, 3.8) is 0 Å². The number of amides is 1. The van der Waals surface area contributed by atoms with Crippen LogP contribution in [0.3, 0.4) is 0 Å². The van der Waals surface area contributed by atoms with Crippen molar-refractivity contribution in [1.82, 2.24) is 24.6 Å². The van der Waals surface area contributed by atoms with Gasteiger partial charge < -0.3 is 14.2 Å². The van der Waals surface area contributed by atoms with Crippen LogP contribution in [0.5, 0.6) is 0 Å². The Kier molecular flexibility index (Phi) is 7.87. The number of nitrogens with zero attached hydrogens (tertiary/aromatic N) is 6. The Balaban J connectivity index is 1.69. The summed E-state index contributed by atoms with van der Waals surface area (Å²) in [7, 11) is 3.97. The number of carbonyl (C=O) groups is 1. The van der Waals surface area contributed by atoms with E-state index in [0.29, 0.717) is 41.9 Å². The molecule has 1 aromatic carbocycles. The van der Waals surface area contributed by atoms with E-state index in [9.17, 15) is 4.79 Å². The van der Waals surface area contributed by atoms with E-state index in [1.165, 1.54) is 11.8 Å². The summed E-state index contributed by atoms with van der Waals surface area (Å²) in [5, 5.41) is 18.2. The standard InChI is InChI=1S/C22H26N6O2S/c1-4-28-21(19-6-5-13-30-19)24-25-22(28)31-16-20(29)27(12-11-26(2)3)15-18-9-7-17(14-23)8-10-18/h5-10,13H,4,11-12,15-16H2,1-3H3. The Morgan fingerprint density at radius 1 is 1.19 bits per heavy atom. The first-order valence-electron chi connectivity index (χ1n) is 10.0. The lowest BCUT2D eigenvalue weighted by molar-refractivity contribution is -0.129. The fraction of sp³-hybridized carbons (Fsp3) is 0.364. The van der Waals surface area contributed by atoms with Crippen LogP contribution in [0.25, 0.3) is 11.6 Å². The van der Waals surface area contributed by atoms with Gasteiger partial charge in [0.05, 0.1) is 23.6 Å². The zero-order valence-corrected chi connectivity index (χ0v) is 18.8. The molecule has 1 amide bonds. The molecule has 9 heteroatoms. The average Bonchev–Trinajstić information content (AvgIpc) is 3.44. The monoisotopic (exact) mass is 438 g/mol. The average molecular weight is 439 g/mol. The Morgan fingerprint density at radius 3 is 2.58 bits per heavy atom. The smallest absolute Gasteiger partial charge is 0.233 e. The third kappa shape index (κ3) is 5.96. The van der Waals surface area contributed by atoms with Crippen molar-refractivity contribution >= 4 is 17.7 Å². The number of aromatic nitrogens is 3. The van der Waals surface area contributed by atoms with Crippen LogP contribution in [-0.4, -0.2) is 63.4 Å². The summed E-state index contributed by atoms with van der Waals surface area (Å²) in [5.74, 6) is 1.60. The minimum atomic E-state index is 0.0291. The summed E-state index contributed by atoms with van der Waals surface area (Å²) >= 11 is 1.38. The Morgan fingerprint density at radius 2 is 1.97 bits per heavy atom. The number of hydrogen-bond donors (Lipinski definition) is 0. The number of likely N-dealkylation sites (N-methyl/N-ethyl adjacent to an activating group) is 1. The van der Waals surface area contributed by atoms with Crippen LogP contribution in [0.2, 0.25) is 0 Å². The molecule has 0 bridgehead atoms. The van der Waals surface area contributed by atoms with Gasteiger partial charge in [-0.05, 0) is 50.8 Å².